The van der Waals surface area contributed by atoms with Gasteiger partial charge in [0.05, 0.1) is 24.6 Å². The summed E-state index contributed by atoms with van der Waals surface area (Å²) in [5.41, 5.74) is 3.87. The van der Waals surface area contributed by atoms with Gasteiger partial charge in [-0.1, -0.05) is 0 Å². The number of aryl methyl sites for hydroxylation is 1. The molecule has 0 bridgehead atoms. The van der Waals surface area contributed by atoms with Crippen molar-refractivity contribution in [3.05, 3.63) is 47.8 Å². The van der Waals surface area contributed by atoms with Crippen LogP contribution in [0, 0.1) is 6.92 Å². The molecule has 0 radical (unpaired) electrons. The van der Waals surface area contributed by atoms with Crippen molar-refractivity contribution in [2.24, 2.45) is 0 Å². The Morgan fingerprint density at radius 2 is 1.67 bits per heavy atom. The third-order valence-corrected chi connectivity index (χ3v) is 2.86. The smallest absolute Gasteiger partial charge is 0.184 e. The number of pyridine rings is 2. The number of hydrogen-bond donors (Lipinski definition) is 0. The molecule has 0 unspecified atom stereocenters. The van der Waals surface area contributed by atoms with E-state index in [2.05, 4.69) is 9.97 Å². The van der Waals surface area contributed by atoms with Crippen LogP contribution < -0.4 is 0 Å². The fourth-order valence-corrected chi connectivity index (χ4v) is 1.96. The van der Waals surface area contributed by atoms with Gasteiger partial charge in [-0.2, -0.15) is 0 Å². The second-order valence-electron chi connectivity index (χ2n) is 4.27. The van der Waals surface area contributed by atoms with Gasteiger partial charge in [-0.05, 0) is 36.8 Å². The maximum atomic E-state index is 5.48. The molecule has 18 heavy (non-hydrogen) atoms. The summed E-state index contributed by atoms with van der Waals surface area (Å²) >= 11 is 0. The molecule has 4 heteroatoms. The van der Waals surface area contributed by atoms with Crippen LogP contribution >= 0.6 is 0 Å². The molecule has 0 amide bonds. The van der Waals surface area contributed by atoms with Crippen molar-refractivity contribution in [3.8, 4) is 11.4 Å². The molecule has 0 saturated carbocycles. The highest BCUT2D eigenvalue weighted by atomic mass is 16.7. The van der Waals surface area contributed by atoms with Gasteiger partial charge in [-0.3, -0.25) is 9.97 Å². The highest BCUT2D eigenvalue weighted by Gasteiger charge is 2.18. The van der Waals surface area contributed by atoms with Crippen molar-refractivity contribution in [2.75, 3.05) is 13.2 Å². The molecule has 0 atom stereocenters. The van der Waals surface area contributed by atoms with Crippen molar-refractivity contribution < 1.29 is 9.47 Å². The largest absolute Gasteiger partial charge is 0.346 e. The fourth-order valence-electron chi connectivity index (χ4n) is 1.96. The van der Waals surface area contributed by atoms with E-state index in [9.17, 15) is 0 Å². The van der Waals surface area contributed by atoms with Crippen LogP contribution in [-0.4, -0.2) is 23.2 Å². The molecule has 1 fully saturated rings. The van der Waals surface area contributed by atoms with Crippen LogP contribution in [0.1, 0.15) is 17.4 Å². The maximum Gasteiger partial charge on any atom is 0.184 e. The number of aromatic nitrogens is 2. The van der Waals surface area contributed by atoms with Gasteiger partial charge in [0, 0.05) is 18.0 Å². The van der Waals surface area contributed by atoms with Gasteiger partial charge in [0.25, 0.3) is 0 Å². The molecule has 0 aliphatic carbocycles. The number of ether oxygens (including phenoxy) is 2. The molecule has 1 saturated heterocycles. The normalized spacial score (nSPS) is 16.1. The zero-order valence-electron chi connectivity index (χ0n) is 10.2. The zero-order chi connectivity index (χ0) is 12.4. The van der Waals surface area contributed by atoms with Crippen LogP contribution in [0.4, 0.5) is 0 Å². The van der Waals surface area contributed by atoms with Crippen LogP contribution in [0.2, 0.25) is 0 Å². The summed E-state index contributed by atoms with van der Waals surface area (Å²) in [7, 11) is 0. The Morgan fingerprint density at radius 1 is 1.00 bits per heavy atom. The Morgan fingerprint density at radius 3 is 2.39 bits per heavy atom. The van der Waals surface area contributed by atoms with Crippen LogP contribution in [0.15, 0.2) is 36.7 Å². The number of nitrogens with zero attached hydrogens (tertiary/aromatic N) is 2. The average Bonchev–Trinajstić information content (AvgIpc) is 2.93. The molecule has 0 spiro atoms. The van der Waals surface area contributed by atoms with Crippen LogP contribution in [0.3, 0.4) is 0 Å². The lowest BCUT2D eigenvalue weighted by atomic mass is 10.1. The Bertz CT molecular complexity index is 551. The Kier molecular flexibility index (Phi) is 3.04. The lowest BCUT2D eigenvalue weighted by molar-refractivity contribution is -0.0441. The second-order valence-corrected chi connectivity index (χ2v) is 4.27. The molecule has 92 valence electrons. The van der Waals surface area contributed by atoms with E-state index in [0.717, 1.165) is 17.0 Å². The monoisotopic (exact) mass is 242 g/mol. The highest BCUT2D eigenvalue weighted by molar-refractivity contribution is 5.55. The molecular weight excluding hydrogens is 228 g/mol. The predicted octanol–water partition coefficient (Wildman–Crippen LogP) is 2.50. The van der Waals surface area contributed by atoms with Crippen molar-refractivity contribution in [1.82, 2.24) is 9.97 Å². The number of rotatable bonds is 2. The lowest BCUT2D eigenvalue weighted by Gasteiger charge is -2.10. The van der Waals surface area contributed by atoms with Gasteiger partial charge in [0.1, 0.15) is 0 Å². The van der Waals surface area contributed by atoms with E-state index in [1.165, 1.54) is 5.56 Å². The molecule has 0 N–H and O–H groups in total. The van der Waals surface area contributed by atoms with Crippen LogP contribution in [0.25, 0.3) is 11.4 Å². The molecular formula is C14H14N2O2. The third kappa shape index (κ3) is 2.25. The molecule has 1 aliphatic heterocycles. The molecule has 0 aromatic carbocycles. The Labute approximate surface area is 106 Å². The summed E-state index contributed by atoms with van der Waals surface area (Å²) in [4.78, 5) is 8.68. The minimum absolute atomic E-state index is 0.267. The minimum atomic E-state index is -0.267. The molecule has 2 aromatic heterocycles. The van der Waals surface area contributed by atoms with E-state index < -0.39 is 0 Å². The van der Waals surface area contributed by atoms with E-state index in [0.29, 0.717) is 13.2 Å². The Balaban J connectivity index is 1.95. The van der Waals surface area contributed by atoms with Crippen LogP contribution in [0.5, 0.6) is 0 Å². The van der Waals surface area contributed by atoms with Crippen molar-refractivity contribution in [2.45, 2.75) is 13.2 Å². The zero-order valence-corrected chi connectivity index (χ0v) is 10.2. The number of hydrogen-bond acceptors (Lipinski definition) is 4. The second kappa shape index (κ2) is 4.84. The minimum Gasteiger partial charge on any atom is -0.346 e. The van der Waals surface area contributed by atoms with Gasteiger partial charge >= 0.3 is 0 Å². The van der Waals surface area contributed by atoms with Crippen molar-refractivity contribution >= 4 is 0 Å². The summed E-state index contributed by atoms with van der Waals surface area (Å²) in [6.45, 7) is 3.33. The van der Waals surface area contributed by atoms with E-state index in [4.69, 9.17) is 9.47 Å². The summed E-state index contributed by atoms with van der Waals surface area (Å²) in [5, 5.41) is 0. The first-order valence-corrected chi connectivity index (χ1v) is 5.95. The standard InChI is InChI=1S/C14H14N2O2/c1-10-2-4-15-12(8-10)13-9-11(3-5-16-13)14-17-6-7-18-14/h2-5,8-9,14H,6-7H2,1H3. The summed E-state index contributed by atoms with van der Waals surface area (Å²) in [5.74, 6) is 0. The SMILES string of the molecule is Cc1ccnc(-c2cc(C3OCCO3)ccn2)c1. The van der Waals surface area contributed by atoms with Gasteiger partial charge in [0.2, 0.25) is 0 Å². The summed E-state index contributed by atoms with van der Waals surface area (Å²) in [6, 6.07) is 7.87. The van der Waals surface area contributed by atoms with Gasteiger partial charge in [0.15, 0.2) is 6.29 Å². The predicted molar refractivity (Wildman–Crippen MR) is 66.9 cm³/mol. The van der Waals surface area contributed by atoms with Crippen molar-refractivity contribution in [3.63, 3.8) is 0 Å². The first-order chi connectivity index (χ1) is 8.83. The maximum absolute atomic E-state index is 5.48. The Hall–Kier alpha value is -1.78. The van der Waals surface area contributed by atoms with Crippen molar-refractivity contribution in [1.29, 1.82) is 0 Å². The van der Waals surface area contributed by atoms with Gasteiger partial charge in [-0.15, -0.1) is 0 Å². The highest BCUT2D eigenvalue weighted by Crippen LogP contribution is 2.25. The topological polar surface area (TPSA) is 44.2 Å². The van der Waals surface area contributed by atoms with E-state index in [1.807, 2.05) is 31.2 Å². The quantitative estimate of drug-likeness (QED) is 0.811. The molecule has 3 heterocycles. The molecule has 3 rings (SSSR count). The summed E-state index contributed by atoms with van der Waals surface area (Å²) in [6.07, 6.45) is 3.29. The van der Waals surface area contributed by atoms with Gasteiger partial charge < -0.3 is 9.47 Å². The van der Waals surface area contributed by atoms with E-state index >= 15 is 0 Å². The molecule has 2 aromatic rings. The summed E-state index contributed by atoms with van der Waals surface area (Å²) < 4.78 is 11.0. The third-order valence-electron chi connectivity index (χ3n) is 2.86. The average molecular weight is 242 g/mol. The van der Waals surface area contributed by atoms with Crippen LogP contribution in [-0.2, 0) is 9.47 Å². The first kappa shape index (κ1) is 11.3. The fraction of sp³-hybridized carbons (Fsp3) is 0.286. The lowest BCUT2D eigenvalue weighted by Crippen LogP contribution is -1.99. The van der Waals surface area contributed by atoms with Gasteiger partial charge in [-0.25, -0.2) is 0 Å². The first-order valence-electron chi connectivity index (χ1n) is 5.95. The van der Waals surface area contributed by atoms with E-state index in [-0.39, 0.29) is 6.29 Å². The molecule has 4 nitrogen and oxygen atoms in total. The molecule has 1 aliphatic rings. The van der Waals surface area contributed by atoms with E-state index in [1.54, 1.807) is 12.4 Å².